The number of aromatic nitrogens is 1. The van der Waals surface area contributed by atoms with Gasteiger partial charge in [-0.3, -0.25) is 0 Å². The zero-order valence-electron chi connectivity index (χ0n) is 11.2. The highest BCUT2D eigenvalue weighted by Gasteiger charge is 2.23. The van der Waals surface area contributed by atoms with E-state index in [1.807, 2.05) is 11.3 Å². The van der Waals surface area contributed by atoms with Gasteiger partial charge in [-0.15, -0.1) is 22.7 Å². The number of aryl methyl sites for hydroxylation is 2. The zero-order valence-corrected chi connectivity index (χ0v) is 16.0. The van der Waals surface area contributed by atoms with E-state index < -0.39 is 0 Å². The Morgan fingerprint density at radius 1 is 1.30 bits per heavy atom. The number of rotatable bonds is 4. The molecule has 2 nitrogen and oxygen atoms in total. The van der Waals surface area contributed by atoms with Crippen molar-refractivity contribution in [3.8, 4) is 0 Å². The molecule has 108 valence electrons. The van der Waals surface area contributed by atoms with Crippen LogP contribution in [-0.4, -0.2) is 11.5 Å². The second kappa shape index (κ2) is 6.57. The Balaban J connectivity index is 1.95. The summed E-state index contributed by atoms with van der Waals surface area (Å²) in [6, 6.07) is 2.42. The minimum Gasteiger partial charge on any atom is -0.304 e. The molecule has 3 rings (SSSR count). The molecule has 2 aromatic rings. The van der Waals surface area contributed by atoms with E-state index in [0.717, 1.165) is 21.2 Å². The first-order chi connectivity index (χ1) is 9.69. The smallest absolute Gasteiger partial charge is 0.115 e. The molecule has 0 saturated carbocycles. The predicted octanol–water partition coefficient (Wildman–Crippen LogP) is 5.31. The molecule has 0 bridgehead atoms. The van der Waals surface area contributed by atoms with Crippen LogP contribution in [0, 0.1) is 0 Å². The number of halogens is 2. The average Bonchev–Trinajstić information content (AvgIpc) is 3.00. The monoisotopic (exact) mass is 434 g/mol. The summed E-state index contributed by atoms with van der Waals surface area (Å²) in [6.07, 6.45) is 4.97. The maximum atomic E-state index is 4.92. The van der Waals surface area contributed by atoms with E-state index in [-0.39, 0.29) is 6.04 Å². The Kier molecular flexibility index (Phi) is 4.98. The number of hydrogen-bond donors (Lipinski definition) is 1. The second-order valence-electron chi connectivity index (χ2n) is 4.89. The average molecular weight is 436 g/mol. The van der Waals surface area contributed by atoms with Crippen LogP contribution < -0.4 is 5.32 Å². The molecule has 2 aromatic heterocycles. The van der Waals surface area contributed by atoms with Crippen molar-refractivity contribution in [2.75, 3.05) is 6.54 Å². The summed E-state index contributed by atoms with van der Waals surface area (Å²) in [5.74, 6) is 0. The Labute approximate surface area is 144 Å². The Hall–Kier alpha value is 0.250. The summed E-state index contributed by atoms with van der Waals surface area (Å²) in [4.78, 5) is 7.74. The highest BCUT2D eigenvalue weighted by molar-refractivity contribution is 9.13. The highest BCUT2D eigenvalue weighted by atomic mass is 79.9. The van der Waals surface area contributed by atoms with Crippen molar-refractivity contribution < 1.29 is 0 Å². The maximum absolute atomic E-state index is 4.92. The Bertz CT molecular complexity index is 563. The van der Waals surface area contributed by atoms with Crippen LogP contribution in [0.1, 0.15) is 46.3 Å². The van der Waals surface area contributed by atoms with Gasteiger partial charge in [0.25, 0.3) is 0 Å². The molecule has 1 aliphatic carbocycles. The third kappa shape index (κ3) is 3.04. The van der Waals surface area contributed by atoms with E-state index in [9.17, 15) is 0 Å². The lowest BCUT2D eigenvalue weighted by atomic mass is 10.0. The van der Waals surface area contributed by atoms with Crippen molar-refractivity contribution in [1.82, 2.24) is 10.3 Å². The van der Waals surface area contributed by atoms with Gasteiger partial charge in [0.1, 0.15) is 5.01 Å². The predicted molar refractivity (Wildman–Crippen MR) is 94.0 cm³/mol. The molecule has 0 spiro atoms. The van der Waals surface area contributed by atoms with Gasteiger partial charge in [-0.05, 0) is 70.2 Å². The van der Waals surface area contributed by atoms with Gasteiger partial charge in [0.15, 0.2) is 0 Å². The van der Waals surface area contributed by atoms with Gasteiger partial charge in [-0.25, -0.2) is 4.98 Å². The van der Waals surface area contributed by atoms with Crippen LogP contribution in [0.25, 0.3) is 0 Å². The second-order valence-corrected chi connectivity index (χ2v) is 9.26. The molecule has 6 heteroatoms. The molecule has 1 N–H and O–H groups in total. The van der Waals surface area contributed by atoms with E-state index in [2.05, 4.69) is 50.2 Å². The molecule has 20 heavy (non-hydrogen) atoms. The van der Waals surface area contributed by atoms with Gasteiger partial charge in [-0.2, -0.15) is 0 Å². The molecular formula is C14H16Br2N2S2. The van der Waals surface area contributed by atoms with Crippen molar-refractivity contribution in [2.24, 2.45) is 0 Å². The van der Waals surface area contributed by atoms with Crippen molar-refractivity contribution in [2.45, 2.75) is 38.6 Å². The molecule has 0 fully saturated rings. The number of hydrogen-bond acceptors (Lipinski definition) is 4. The molecule has 1 atom stereocenters. The summed E-state index contributed by atoms with van der Waals surface area (Å²) >= 11 is 10.8. The molecule has 2 heterocycles. The minimum absolute atomic E-state index is 0.225. The fourth-order valence-electron chi connectivity index (χ4n) is 2.51. The van der Waals surface area contributed by atoms with Crippen LogP contribution in [0.3, 0.4) is 0 Å². The van der Waals surface area contributed by atoms with Gasteiger partial charge in [0, 0.05) is 14.2 Å². The summed E-state index contributed by atoms with van der Waals surface area (Å²) in [5.41, 5.74) is 1.34. The van der Waals surface area contributed by atoms with Gasteiger partial charge in [-0.1, -0.05) is 6.92 Å². The van der Waals surface area contributed by atoms with Crippen molar-refractivity contribution in [3.63, 3.8) is 0 Å². The minimum atomic E-state index is 0.225. The van der Waals surface area contributed by atoms with Gasteiger partial charge in [0.05, 0.1) is 15.5 Å². The molecular weight excluding hydrogens is 420 g/mol. The fourth-order valence-corrected chi connectivity index (χ4v) is 6.01. The summed E-state index contributed by atoms with van der Waals surface area (Å²) in [5, 5.41) is 4.80. The molecule has 0 radical (unpaired) electrons. The Morgan fingerprint density at radius 3 is 2.75 bits per heavy atom. The quantitative estimate of drug-likeness (QED) is 0.703. The third-order valence-corrected chi connectivity index (χ3v) is 8.01. The van der Waals surface area contributed by atoms with Crippen LogP contribution in [0.2, 0.25) is 0 Å². The highest BCUT2D eigenvalue weighted by Crippen LogP contribution is 2.39. The fraction of sp³-hybridized carbons (Fsp3) is 0.500. The molecule has 0 saturated heterocycles. The largest absolute Gasteiger partial charge is 0.304 e. The van der Waals surface area contributed by atoms with E-state index >= 15 is 0 Å². The van der Waals surface area contributed by atoms with E-state index in [0.29, 0.717) is 0 Å². The number of nitrogens with one attached hydrogen (secondary N) is 1. The molecule has 0 aliphatic heterocycles. The number of thiazole rings is 1. The van der Waals surface area contributed by atoms with Crippen molar-refractivity contribution in [3.05, 3.63) is 34.8 Å². The van der Waals surface area contributed by atoms with Crippen LogP contribution in [0.5, 0.6) is 0 Å². The standard InChI is InChI=1S/C14H16Br2N2S2/c1-2-17-12(11-7-8(15)13(16)19-11)14-18-9-5-3-4-6-10(9)20-14/h7,12,17H,2-6H2,1H3. The summed E-state index contributed by atoms with van der Waals surface area (Å²) in [6.45, 7) is 3.10. The SMILES string of the molecule is CCNC(c1cc(Br)c(Br)s1)c1nc2c(s1)CCCC2. The van der Waals surface area contributed by atoms with Crippen LogP contribution in [0.15, 0.2) is 14.3 Å². The van der Waals surface area contributed by atoms with Gasteiger partial charge in [0.2, 0.25) is 0 Å². The van der Waals surface area contributed by atoms with Crippen molar-refractivity contribution in [1.29, 1.82) is 0 Å². The third-order valence-electron chi connectivity index (χ3n) is 3.47. The molecule has 0 aromatic carbocycles. The first-order valence-corrected chi connectivity index (χ1v) is 10.1. The first-order valence-electron chi connectivity index (χ1n) is 6.85. The molecule has 0 amide bonds. The van der Waals surface area contributed by atoms with Crippen LogP contribution in [-0.2, 0) is 12.8 Å². The van der Waals surface area contributed by atoms with E-state index in [4.69, 9.17) is 4.98 Å². The van der Waals surface area contributed by atoms with Crippen molar-refractivity contribution >= 4 is 54.5 Å². The van der Waals surface area contributed by atoms with E-state index in [1.165, 1.54) is 39.7 Å². The summed E-state index contributed by atoms with van der Waals surface area (Å²) in [7, 11) is 0. The lowest BCUT2D eigenvalue weighted by Crippen LogP contribution is -2.21. The normalized spacial score (nSPS) is 16.1. The van der Waals surface area contributed by atoms with Gasteiger partial charge < -0.3 is 5.32 Å². The Morgan fingerprint density at radius 2 is 2.10 bits per heavy atom. The maximum Gasteiger partial charge on any atom is 0.115 e. The van der Waals surface area contributed by atoms with Gasteiger partial charge >= 0.3 is 0 Å². The number of nitrogens with zero attached hydrogens (tertiary/aromatic N) is 1. The van der Waals surface area contributed by atoms with Crippen LogP contribution >= 0.6 is 54.5 Å². The lowest BCUT2D eigenvalue weighted by Gasteiger charge is -2.13. The summed E-state index contributed by atoms with van der Waals surface area (Å²) < 4.78 is 2.28. The number of thiophene rings is 1. The first kappa shape index (κ1) is 15.2. The number of fused-ring (bicyclic) bond motifs is 1. The topological polar surface area (TPSA) is 24.9 Å². The lowest BCUT2D eigenvalue weighted by molar-refractivity contribution is 0.628. The molecule has 1 aliphatic rings. The van der Waals surface area contributed by atoms with E-state index in [1.54, 1.807) is 11.3 Å². The zero-order chi connectivity index (χ0) is 14.1. The molecule has 1 unspecified atom stereocenters. The van der Waals surface area contributed by atoms with Crippen LogP contribution in [0.4, 0.5) is 0 Å².